The van der Waals surface area contributed by atoms with E-state index in [-0.39, 0.29) is 26.1 Å². The van der Waals surface area contributed by atoms with Crippen molar-refractivity contribution >= 4 is 11.9 Å². The summed E-state index contributed by atoms with van der Waals surface area (Å²) >= 11 is 0. The molecule has 0 aromatic rings. The molecule has 2 rings (SSSR count). The Kier molecular flexibility index (Phi) is 39.6. The van der Waals surface area contributed by atoms with Crippen LogP contribution >= 0.6 is 0 Å². The topological polar surface area (TPSA) is 231 Å². The van der Waals surface area contributed by atoms with E-state index >= 15 is 0 Å². The Labute approximate surface area is 428 Å². The Morgan fingerprint density at radius 1 is 0.437 bits per heavy atom. The number of rotatable bonds is 45. The largest absolute Gasteiger partial charge is 0.462 e. The van der Waals surface area contributed by atoms with Gasteiger partial charge >= 0.3 is 11.9 Å². The fourth-order valence-electron chi connectivity index (χ4n) is 8.97. The second-order valence-electron chi connectivity index (χ2n) is 20.1. The molecule has 7 N–H and O–H groups in total. The molecular formula is C56H102O15. The lowest BCUT2D eigenvalue weighted by Crippen LogP contribution is -2.61. The smallest absolute Gasteiger partial charge is 0.306 e. The van der Waals surface area contributed by atoms with Crippen molar-refractivity contribution in [3.05, 3.63) is 24.3 Å². The van der Waals surface area contributed by atoms with E-state index < -0.39 is 92.7 Å². The molecule has 2 aliphatic rings. The zero-order chi connectivity index (χ0) is 51.7. The molecule has 15 nitrogen and oxygen atoms in total. The predicted octanol–water partition coefficient (Wildman–Crippen LogP) is 9.11. The molecule has 0 aliphatic carbocycles. The highest BCUT2D eigenvalue weighted by Gasteiger charge is 2.47. The van der Waals surface area contributed by atoms with Crippen molar-refractivity contribution in [2.75, 3.05) is 26.4 Å². The van der Waals surface area contributed by atoms with Crippen molar-refractivity contribution in [3.63, 3.8) is 0 Å². The van der Waals surface area contributed by atoms with Gasteiger partial charge in [0.05, 0.1) is 19.8 Å². The van der Waals surface area contributed by atoms with Gasteiger partial charge in [0.1, 0.15) is 55.4 Å². The Balaban J connectivity index is 1.73. The summed E-state index contributed by atoms with van der Waals surface area (Å²) in [4.78, 5) is 25.8. The molecule has 0 radical (unpaired) electrons. The first-order valence-corrected chi connectivity index (χ1v) is 28.4. The molecule has 0 aromatic heterocycles. The van der Waals surface area contributed by atoms with E-state index in [0.717, 1.165) is 57.8 Å². The molecular weight excluding hydrogens is 913 g/mol. The lowest BCUT2D eigenvalue weighted by molar-refractivity contribution is -0.332. The van der Waals surface area contributed by atoms with Gasteiger partial charge in [-0.05, 0) is 64.2 Å². The standard InChI is InChI=1S/C56H102O15/c1-3-5-7-9-11-13-15-17-18-19-20-21-22-23-24-25-26-27-29-31-33-35-37-39-48(59)69-44(41-66-47(58)38-36-34-32-30-28-16-14-12-10-8-6-4-2)42-67-55-54(65)52(63)50(61)46(71-55)43-68-56-53(64)51(62)49(60)45(40-57)70-56/h12,14,19-20,44-46,49-57,60-65H,3-11,13,15-18,21-43H2,1-2H3/b14-12-,20-19-. The van der Waals surface area contributed by atoms with Gasteiger partial charge in [-0.15, -0.1) is 0 Å². The first-order valence-electron chi connectivity index (χ1n) is 28.4. The number of hydrogen-bond donors (Lipinski definition) is 7. The van der Waals surface area contributed by atoms with Crippen LogP contribution in [0.4, 0.5) is 0 Å². The third-order valence-corrected chi connectivity index (χ3v) is 13.7. The molecule has 2 saturated heterocycles. The number of unbranched alkanes of at least 4 members (excludes halogenated alkanes) is 27. The first-order chi connectivity index (χ1) is 34.5. The molecule has 2 fully saturated rings. The Bertz CT molecular complexity index is 1330. The van der Waals surface area contributed by atoms with Crippen LogP contribution in [0.3, 0.4) is 0 Å². The van der Waals surface area contributed by atoms with Crippen molar-refractivity contribution in [2.45, 2.75) is 293 Å². The van der Waals surface area contributed by atoms with E-state index in [9.17, 15) is 45.3 Å². The van der Waals surface area contributed by atoms with Crippen molar-refractivity contribution in [3.8, 4) is 0 Å². The molecule has 71 heavy (non-hydrogen) atoms. The SMILES string of the molecule is CCCCC/C=C\CCCCCCCC(=O)OCC(COC1OC(COC2OC(CO)C(O)C(O)C2O)C(O)C(O)C1O)OC(=O)CCCCCCCCCCCCC/C=C\CCCCCCCCCC. The summed E-state index contributed by atoms with van der Waals surface area (Å²) in [5, 5.41) is 72.2. The monoisotopic (exact) mass is 1010 g/mol. The molecule has 11 unspecified atom stereocenters. The van der Waals surface area contributed by atoms with Crippen LogP contribution in [0.25, 0.3) is 0 Å². The highest BCUT2D eigenvalue weighted by molar-refractivity contribution is 5.70. The fourth-order valence-corrected chi connectivity index (χ4v) is 8.97. The average Bonchev–Trinajstić information content (AvgIpc) is 3.36. The maximum atomic E-state index is 13.0. The molecule has 0 aromatic carbocycles. The minimum Gasteiger partial charge on any atom is -0.462 e. The van der Waals surface area contributed by atoms with Gasteiger partial charge in [0.2, 0.25) is 0 Å². The Morgan fingerprint density at radius 2 is 0.803 bits per heavy atom. The molecule has 2 aliphatic heterocycles. The van der Waals surface area contributed by atoms with E-state index in [4.69, 9.17) is 28.4 Å². The van der Waals surface area contributed by atoms with E-state index in [1.54, 1.807) is 0 Å². The predicted molar refractivity (Wildman–Crippen MR) is 275 cm³/mol. The summed E-state index contributed by atoms with van der Waals surface area (Å²) in [7, 11) is 0. The number of carbonyl (C=O) groups is 2. The van der Waals surface area contributed by atoms with Gasteiger partial charge in [-0.25, -0.2) is 0 Å². The van der Waals surface area contributed by atoms with Crippen LogP contribution < -0.4 is 0 Å². The van der Waals surface area contributed by atoms with E-state index in [1.807, 2.05) is 0 Å². The third kappa shape index (κ3) is 30.8. The van der Waals surface area contributed by atoms with Crippen LogP contribution in [-0.4, -0.2) is 142 Å². The highest BCUT2D eigenvalue weighted by Crippen LogP contribution is 2.27. The zero-order valence-corrected chi connectivity index (χ0v) is 44.2. The second-order valence-corrected chi connectivity index (χ2v) is 20.1. The van der Waals surface area contributed by atoms with Crippen LogP contribution in [0.1, 0.15) is 226 Å². The zero-order valence-electron chi connectivity index (χ0n) is 44.2. The summed E-state index contributed by atoms with van der Waals surface area (Å²) in [6.45, 7) is 2.58. The maximum absolute atomic E-state index is 13.0. The van der Waals surface area contributed by atoms with Crippen molar-refractivity contribution < 1.29 is 73.8 Å². The van der Waals surface area contributed by atoms with Crippen molar-refractivity contribution in [2.24, 2.45) is 0 Å². The van der Waals surface area contributed by atoms with E-state index in [1.165, 1.54) is 128 Å². The molecule has 0 spiro atoms. The van der Waals surface area contributed by atoms with E-state index in [0.29, 0.717) is 12.8 Å². The molecule has 416 valence electrons. The number of ether oxygens (including phenoxy) is 6. The number of hydrogen-bond acceptors (Lipinski definition) is 15. The van der Waals surface area contributed by atoms with Crippen LogP contribution in [0.2, 0.25) is 0 Å². The van der Waals surface area contributed by atoms with Gasteiger partial charge in [0, 0.05) is 12.8 Å². The summed E-state index contributed by atoms with van der Waals surface area (Å²) in [5.74, 6) is -0.929. The average molecular weight is 1020 g/mol. The lowest BCUT2D eigenvalue weighted by Gasteiger charge is -2.42. The molecule has 11 atom stereocenters. The lowest BCUT2D eigenvalue weighted by atomic mass is 9.98. The molecule has 0 saturated carbocycles. The summed E-state index contributed by atoms with van der Waals surface area (Å²) < 4.78 is 33.6. The van der Waals surface area contributed by atoms with E-state index in [2.05, 4.69) is 38.2 Å². The second kappa shape index (κ2) is 43.2. The third-order valence-electron chi connectivity index (χ3n) is 13.7. The van der Waals surface area contributed by atoms with Crippen molar-refractivity contribution in [1.82, 2.24) is 0 Å². The Morgan fingerprint density at radius 3 is 1.27 bits per heavy atom. The minimum atomic E-state index is -1.76. The highest BCUT2D eigenvalue weighted by atomic mass is 16.7. The Hall–Kier alpha value is -2.02. The molecule has 15 heteroatoms. The van der Waals surface area contributed by atoms with Crippen LogP contribution in [-0.2, 0) is 38.0 Å². The quantitative estimate of drug-likeness (QED) is 0.0171. The molecule has 0 bridgehead atoms. The van der Waals surface area contributed by atoms with Crippen LogP contribution in [0.5, 0.6) is 0 Å². The van der Waals surface area contributed by atoms with Gasteiger partial charge in [0.15, 0.2) is 18.7 Å². The normalized spacial score (nSPS) is 25.3. The van der Waals surface area contributed by atoms with Gasteiger partial charge in [-0.3, -0.25) is 9.59 Å². The number of carbonyl (C=O) groups excluding carboxylic acids is 2. The van der Waals surface area contributed by atoms with Crippen molar-refractivity contribution in [1.29, 1.82) is 0 Å². The van der Waals surface area contributed by atoms with Gasteiger partial charge in [0.25, 0.3) is 0 Å². The molecule has 0 amide bonds. The van der Waals surface area contributed by atoms with Gasteiger partial charge in [-0.2, -0.15) is 0 Å². The van der Waals surface area contributed by atoms with Crippen LogP contribution in [0.15, 0.2) is 24.3 Å². The summed E-state index contributed by atoms with van der Waals surface area (Å²) in [5.41, 5.74) is 0. The summed E-state index contributed by atoms with van der Waals surface area (Å²) in [6, 6.07) is 0. The minimum absolute atomic E-state index is 0.165. The number of aliphatic hydroxyl groups is 7. The van der Waals surface area contributed by atoms with Gasteiger partial charge in [-0.1, -0.05) is 173 Å². The number of allylic oxidation sites excluding steroid dienone is 4. The van der Waals surface area contributed by atoms with Crippen LogP contribution in [0, 0.1) is 0 Å². The summed E-state index contributed by atoms with van der Waals surface area (Å²) in [6.07, 6.45) is 29.2. The van der Waals surface area contributed by atoms with Gasteiger partial charge < -0.3 is 64.2 Å². The fraction of sp³-hybridized carbons (Fsp3) is 0.893. The first kappa shape index (κ1) is 65.1. The molecule has 2 heterocycles. The number of aliphatic hydroxyl groups excluding tert-OH is 7. The number of esters is 2. The maximum Gasteiger partial charge on any atom is 0.306 e.